The topological polar surface area (TPSA) is 69.7 Å². The summed E-state index contributed by atoms with van der Waals surface area (Å²) in [5.74, 6) is -0.793. The van der Waals surface area contributed by atoms with Crippen LogP contribution in [0.15, 0.2) is 47.4 Å². The Bertz CT molecular complexity index is 1050. The van der Waals surface area contributed by atoms with Crippen molar-refractivity contribution < 1.29 is 17.6 Å². The molecule has 2 aromatic carbocycles. The molecule has 1 fully saturated rings. The number of carbonyl (C=O) groups is 1. The van der Waals surface area contributed by atoms with Gasteiger partial charge in [-0.2, -0.15) is 4.31 Å². The summed E-state index contributed by atoms with van der Waals surface area (Å²) in [6.45, 7) is 3.26. The van der Waals surface area contributed by atoms with Crippen LogP contribution in [-0.2, 0) is 27.7 Å². The van der Waals surface area contributed by atoms with Gasteiger partial charge < -0.3 is 5.32 Å². The highest BCUT2D eigenvalue weighted by Crippen LogP contribution is 2.27. The van der Waals surface area contributed by atoms with E-state index in [1.54, 1.807) is 25.1 Å². The number of anilines is 1. The highest BCUT2D eigenvalue weighted by molar-refractivity contribution is 7.89. The molecule has 1 atom stereocenters. The van der Waals surface area contributed by atoms with Crippen molar-refractivity contribution in [3.63, 3.8) is 0 Å². The number of fused-ring (bicyclic) bond motifs is 1. The molecule has 30 heavy (non-hydrogen) atoms. The van der Waals surface area contributed by atoms with E-state index in [1.807, 2.05) is 17.0 Å². The molecule has 0 spiro atoms. The van der Waals surface area contributed by atoms with Gasteiger partial charge in [-0.15, -0.1) is 0 Å². The van der Waals surface area contributed by atoms with Crippen LogP contribution in [0.25, 0.3) is 0 Å². The number of rotatable bonds is 5. The predicted molar refractivity (Wildman–Crippen MR) is 113 cm³/mol. The van der Waals surface area contributed by atoms with E-state index in [0.29, 0.717) is 31.1 Å². The predicted octanol–water partition coefficient (Wildman–Crippen LogP) is 2.65. The number of nitrogens with zero attached hydrogens (tertiary/aromatic N) is 2. The largest absolute Gasteiger partial charge is 0.322 e. The Labute approximate surface area is 176 Å². The molecule has 1 aliphatic heterocycles. The fourth-order valence-corrected chi connectivity index (χ4v) is 5.63. The zero-order valence-electron chi connectivity index (χ0n) is 17.0. The van der Waals surface area contributed by atoms with Crippen molar-refractivity contribution in [3.8, 4) is 0 Å². The summed E-state index contributed by atoms with van der Waals surface area (Å²) in [6.07, 6.45) is 3.02. The second kappa shape index (κ2) is 8.45. The summed E-state index contributed by atoms with van der Waals surface area (Å²) in [5.41, 5.74) is 2.52. The van der Waals surface area contributed by atoms with E-state index in [2.05, 4.69) is 5.32 Å². The van der Waals surface area contributed by atoms with Crippen LogP contribution >= 0.6 is 0 Å². The smallest absolute Gasteiger partial charge is 0.243 e. The van der Waals surface area contributed by atoms with E-state index in [4.69, 9.17) is 0 Å². The number of amides is 1. The van der Waals surface area contributed by atoms with Gasteiger partial charge in [-0.25, -0.2) is 12.8 Å². The molecule has 0 radical (unpaired) electrons. The van der Waals surface area contributed by atoms with Gasteiger partial charge in [0.25, 0.3) is 0 Å². The van der Waals surface area contributed by atoms with E-state index >= 15 is 0 Å². The van der Waals surface area contributed by atoms with Gasteiger partial charge in [-0.05, 0) is 61.6 Å². The van der Waals surface area contributed by atoms with Crippen LogP contribution in [0.3, 0.4) is 0 Å². The first kappa shape index (κ1) is 21.0. The maximum atomic E-state index is 13.8. The lowest BCUT2D eigenvalue weighted by Gasteiger charge is -2.36. The van der Waals surface area contributed by atoms with Gasteiger partial charge >= 0.3 is 0 Å². The number of benzene rings is 2. The number of para-hydroxylation sites is 1. The van der Waals surface area contributed by atoms with Crippen molar-refractivity contribution in [2.75, 3.05) is 31.5 Å². The lowest BCUT2D eigenvalue weighted by Crippen LogP contribution is -2.53. The minimum atomic E-state index is -3.55. The maximum Gasteiger partial charge on any atom is 0.243 e. The quantitative estimate of drug-likeness (QED) is 0.790. The summed E-state index contributed by atoms with van der Waals surface area (Å²) in [6, 6.07) is 11.0. The number of halogens is 1. The second-order valence-electron chi connectivity index (χ2n) is 7.87. The molecule has 0 bridgehead atoms. The van der Waals surface area contributed by atoms with E-state index in [1.165, 1.54) is 22.0 Å². The molecule has 8 heteroatoms. The second-order valence-corrected chi connectivity index (χ2v) is 9.81. The molecule has 0 saturated carbocycles. The number of aryl methyl sites for hydroxylation is 2. The molecule has 1 amide bonds. The Kier molecular flexibility index (Phi) is 5.90. The lowest BCUT2D eigenvalue weighted by atomic mass is 10.1. The summed E-state index contributed by atoms with van der Waals surface area (Å²) < 4.78 is 41.4. The number of piperazine rings is 1. The fraction of sp³-hybridized carbons (Fsp3) is 0.409. The van der Waals surface area contributed by atoms with Crippen LogP contribution in [0.5, 0.6) is 0 Å². The Morgan fingerprint density at radius 2 is 1.73 bits per heavy atom. The van der Waals surface area contributed by atoms with Gasteiger partial charge in [0.2, 0.25) is 15.9 Å². The van der Waals surface area contributed by atoms with Gasteiger partial charge in [-0.3, -0.25) is 9.69 Å². The van der Waals surface area contributed by atoms with Crippen LogP contribution in [0.4, 0.5) is 10.1 Å². The van der Waals surface area contributed by atoms with Crippen molar-refractivity contribution in [2.45, 2.75) is 37.1 Å². The first-order valence-corrected chi connectivity index (χ1v) is 11.7. The molecule has 1 aliphatic carbocycles. The standard InChI is InChI=1S/C22H26FN3O3S/c1-16(22(27)24-21-8-3-2-7-20(21)23)25-11-13-26(14-12-25)30(28,29)19-10-9-17-5-4-6-18(17)15-19/h2-3,7-10,15-16H,4-6,11-14H2,1H3,(H,24,27)/t16-/m0/s1. The number of carbonyl (C=O) groups excluding carboxylic acids is 1. The molecule has 1 heterocycles. The van der Waals surface area contributed by atoms with Gasteiger partial charge in [0.05, 0.1) is 16.6 Å². The summed E-state index contributed by atoms with van der Waals surface area (Å²) >= 11 is 0. The van der Waals surface area contributed by atoms with Gasteiger partial charge in [0.1, 0.15) is 5.82 Å². The molecule has 6 nitrogen and oxygen atoms in total. The van der Waals surface area contributed by atoms with Crippen LogP contribution in [0.1, 0.15) is 24.5 Å². The molecule has 160 valence electrons. The molecular formula is C22H26FN3O3S. The summed E-state index contributed by atoms with van der Waals surface area (Å²) in [7, 11) is -3.55. The van der Waals surface area contributed by atoms with Crippen molar-refractivity contribution >= 4 is 21.6 Å². The van der Waals surface area contributed by atoms with Gasteiger partial charge in [0, 0.05) is 26.2 Å². The molecule has 1 saturated heterocycles. The van der Waals surface area contributed by atoms with E-state index < -0.39 is 21.9 Å². The zero-order chi connectivity index (χ0) is 21.3. The average Bonchev–Trinajstić information content (AvgIpc) is 3.23. The van der Waals surface area contributed by atoms with Crippen molar-refractivity contribution in [1.82, 2.24) is 9.21 Å². The molecule has 1 N–H and O–H groups in total. The SMILES string of the molecule is C[C@@H](C(=O)Nc1ccccc1F)N1CCN(S(=O)(=O)c2ccc3c(c2)CCC3)CC1. The summed E-state index contributed by atoms with van der Waals surface area (Å²) in [4.78, 5) is 14.8. The van der Waals surface area contributed by atoms with Crippen LogP contribution < -0.4 is 5.32 Å². The molecule has 4 rings (SSSR count). The molecular weight excluding hydrogens is 405 g/mol. The molecule has 2 aliphatic rings. The highest BCUT2D eigenvalue weighted by atomic mass is 32.2. The first-order valence-electron chi connectivity index (χ1n) is 10.3. The zero-order valence-corrected chi connectivity index (χ0v) is 17.8. The minimum absolute atomic E-state index is 0.146. The van der Waals surface area contributed by atoms with Crippen molar-refractivity contribution in [3.05, 3.63) is 59.4 Å². The molecule has 0 unspecified atom stereocenters. The lowest BCUT2D eigenvalue weighted by molar-refractivity contribution is -0.121. The number of hydrogen-bond donors (Lipinski definition) is 1. The Morgan fingerprint density at radius 1 is 1.03 bits per heavy atom. The minimum Gasteiger partial charge on any atom is -0.322 e. The van der Waals surface area contributed by atoms with Crippen molar-refractivity contribution in [1.29, 1.82) is 0 Å². The number of nitrogens with one attached hydrogen (secondary N) is 1. The molecule has 2 aromatic rings. The highest BCUT2D eigenvalue weighted by Gasteiger charge is 2.32. The Balaban J connectivity index is 1.38. The fourth-order valence-electron chi connectivity index (χ4n) is 4.15. The first-order chi connectivity index (χ1) is 14.4. The molecule has 0 aromatic heterocycles. The van der Waals surface area contributed by atoms with E-state index in [9.17, 15) is 17.6 Å². The third kappa shape index (κ3) is 4.12. The van der Waals surface area contributed by atoms with Crippen LogP contribution in [0, 0.1) is 5.82 Å². The Morgan fingerprint density at radius 3 is 2.47 bits per heavy atom. The average molecular weight is 432 g/mol. The monoisotopic (exact) mass is 431 g/mol. The van der Waals surface area contributed by atoms with E-state index in [0.717, 1.165) is 24.8 Å². The van der Waals surface area contributed by atoms with Crippen molar-refractivity contribution in [2.24, 2.45) is 0 Å². The van der Waals surface area contributed by atoms with Gasteiger partial charge in [-0.1, -0.05) is 18.2 Å². The van der Waals surface area contributed by atoms with Crippen LogP contribution in [0.2, 0.25) is 0 Å². The third-order valence-electron chi connectivity index (χ3n) is 6.04. The number of sulfonamides is 1. The Hall–Kier alpha value is -2.29. The summed E-state index contributed by atoms with van der Waals surface area (Å²) in [5, 5.41) is 2.61. The van der Waals surface area contributed by atoms with Crippen LogP contribution in [-0.4, -0.2) is 55.8 Å². The third-order valence-corrected chi connectivity index (χ3v) is 7.93. The van der Waals surface area contributed by atoms with E-state index in [-0.39, 0.29) is 11.6 Å². The normalized spacial score (nSPS) is 18.7. The van der Waals surface area contributed by atoms with Gasteiger partial charge in [0.15, 0.2) is 0 Å². The number of hydrogen-bond acceptors (Lipinski definition) is 4. The maximum absolute atomic E-state index is 13.8.